The molecule has 0 radical (unpaired) electrons. The molecule has 3 nitrogen and oxygen atoms in total. The van der Waals surface area contributed by atoms with Gasteiger partial charge in [-0.1, -0.05) is 0 Å². The minimum absolute atomic E-state index is 0.126. The van der Waals surface area contributed by atoms with Gasteiger partial charge in [-0.05, 0) is 19.9 Å². The van der Waals surface area contributed by atoms with Gasteiger partial charge in [0.2, 0.25) is 5.78 Å². The highest BCUT2D eigenvalue weighted by Crippen LogP contribution is 2.15. The van der Waals surface area contributed by atoms with E-state index in [0.29, 0.717) is 0 Å². The van der Waals surface area contributed by atoms with Crippen molar-refractivity contribution in [1.82, 2.24) is 0 Å². The highest BCUT2D eigenvalue weighted by Gasteiger charge is 2.22. The van der Waals surface area contributed by atoms with Gasteiger partial charge in [0.05, 0.1) is 0 Å². The number of Topliss-reactive ketones (excluding diaryl/α,β-unsaturated/α-hetero) is 1. The molecule has 0 heterocycles. The third kappa shape index (κ3) is 1.09. The number of carbonyl (C=O) groups excluding carboxylic acids is 2. The van der Waals surface area contributed by atoms with Gasteiger partial charge in [0.1, 0.15) is 0 Å². The van der Waals surface area contributed by atoms with Crippen LogP contribution in [0.15, 0.2) is 23.0 Å². The van der Waals surface area contributed by atoms with Gasteiger partial charge < -0.3 is 5.11 Å². The Bertz CT molecular complexity index is 294. The summed E-state index contributed by atoms with van der Waals surface area (Å²) >= 11 is 0. The molecule has 11 heavy (non-hydrogen) atoms. The zero-order chi connectivity index (χ0) is 8.59. The highest BCUT2D eigenvalue weighted by molar-refractivity contribution is 6.21. The van der Waals surface area contributed by atoms with Gasteiger partial charge >= 0.3 is 0 Å². The normalized spacial score (nSPS) is 18.9. The van der Waals surface area contributed by atoms with Gasteiger partial charge in [0.25, 0.3) is 0 Å². The van der Waals surface area contributed by atoms with Crippen LogP contribution in [0.5, 0.6) is 0 Å². The van der Waals surface area contributed by atoms with Crippen molar-refractivity contribution < 1.29 is 14.7 Å². The molecule has 0 aromatic heterocycles. The van der Waals surface area contributed by atoms with E-state index in [9.17, 15) is 9.59 Å². The van der Waals surface area contributed by atoms with Gasteiger partial charge in [-0.25, -0.2) is 0 Å². The maximum atomic E-state index is 11.0. The SMILES string of the molecule is CC1=CC(=O)C(C)=C(O)C1=O. The third-order valence-electron chi connectivity index (χ3n) is 1.65. The van der Waals surface area contributed by atoms with Crippen molar-refractivity contribution in [1.29, 1.82) is 0 Å². The fraction of sp³-hybridized carbons (Fsp3) is 0.250. The number of aliphatic hydroxyl groups is 1. The van der Waals surface area contributed by atoms with E-state index in [1.165, 1.54) is 19.9 Å². The predicted octanol–water partition coefficient (Wildman–Crippen LogP) is 0.917. The first-order valence-corrected chi connectivity index (χ1v) is 3.21. The molecule has 0 spiro atoms. The van der Waals surface area contributed by atoms with E-state index in [-0.39, 0.29) is 16.9 Å². The minimum Gasteiger partial charge on any atom is -0.504 e. The van der Waals surface area contributed by atoms with Gasteiger partial charge in [0, 0.05) is 11.1 Å². The summed E-state index contributed by atoms with van der Waals surface area (Å²) in [7, 11) is 0. The Morgan fingerprint density at radius 1 is 1.27 bits per heavy atom. The molecule has 1 aliphatic carbocycles. The quantitative estimate of drug-likeness (QED) is 0.525. The average Bonchev–Trinajstić information content (AvgIpc) is 1.97. The number of carbonyl (C=O) groups is 2. The Kier molecular flexibility index (Phi) is 1.64. The lowest BCUT2D eigenvalue weighted by atomic mass is 9.98. The summed E-state index contributed by atoms with van der Waals surface area (Å²) in [5, 5.41) is 9.06. The second-order valence-electron chi connectivity index (χ2n) is 2.49. The lowest BCUT2D eigenvalue weighted by Gasteiger charge is -2.08. The maximum Gasteiger partial charge on any atom is 0.223 e. The number of hydrogen-bond acceptors (Lipinski definition) is 3. The molecule has 0 atom stereocenters. The zero-order valence-electron chi connectivity index (χ0n) is 6.34. The van der Waals surface area contributed by atoms with E-state index < -0.39 is 11.5 Å². The molecule has 0 fully saturated rings. The van der Waals surface area contributed by atoms with Crippen LogP contribution in [0.4, 0.5) is 0 Å². The molecule has 1 N–H and O–H groups in total. The van der Waals surface area contributed by atoms with E-state index >= 15 is 0 Å². The molecule has 0 unspecified atom stereocenters. The second-order valence-corrected chi connectivity index (χ2v) is 2.49. The van der Waals surface area contributed by atoms with E-state index in [0.717, 1.165) is 0 Å². The van der Waals surface area contributed by atoms with Crippen LogP contribution in [0.1, 0.15) is 13.8 Å². The molecule has 0 saturated heterocycles. The number of aliphatic hydroxyl groups excluding tert-OH is 1. The average molecular weight is 152 g/mol. The first-order chi connectivity index (χ1) is 5.04. The molecule has 0 aromatic rings. The minimum atomic E-state index is -0.456. The summed E-state index contributed by atoms with van der Waals surface area (Å²) in [4.78, 5) is 21.9. The first kappa shape index (κ1) is 7.72. The fourth-order valence-corrected chi connectivity index (χ4v) is 0.844. The van der Waals surface area contributed by atoms with Gasteiger partial charge in [-0.3, -0.25) is 9.59 Å². The van der Waals surface area contributed by atoms with Gasteiger partial charge in [0.15, 0.2) is 11.5 Å². The van der Waals surface area contributed by atoms with Crippen LogP contribution in [0.25, 0.3) is 0 Å². The van der Waals surface area contributed by atoms with Crippen molar-refractivity contribution in [3.63, 3.8) is 0 Å². The standard InChI is InChI=1S/C8H8O3/c1-4-3-6(9)5(2)8(11)7(4)10/h3,11H,1-2H3. The van der Waals surface area contributed by atoms with E-state index in [2.05, 4.69) is 0 Å². The highest BCUT2D eigenvalue weighted by atomic mass is 16.3. The van der Waals surface area contributed by atoms with Crippen LogP contribution in [-0.2, 0) is 9.59 Å². The van der Waals surface area contributed by atoms with Crippen molar-refractivity contribution in [3.05, 3.63) is 23.0 Å². The van der Waals surface area contributed by atoms with Crippen LogP contribution in [0.2, 0.25) is 0 Å². The lowest BCUT2D eigenvalue weighted by Crippen LogP contribution is -2.16. The van der Waals surface area contributed by atoms with Gasteiger partial charge in [-0.15, -0.1) is 0 Å². The van der Waals surface area contributed by atoms with Crippen molar-refractivity contribution >= 4 is 11.6 Å². The Morgan fingerprint density at radius 2 is 1.82 bits per heavy atom. The largest absolute Gasteiger partial charge is 0.504 e. The van der Waals surface area contributed by atoms with Crippen LogP contribution < -0.4 is 0 Å². The number of ketones is 2. The fourth-order valence-electron chi connectivity index (χ4n) is 0.844. The Morgan fingerprint density at radius 3 is 2.36 bits per heavy atom. The van der Waals surface area contributed by atoms with E-state index in [4.69, 9.17) is 5.11 Å². The molecular weight excluding hydrogens is 144 g/mol. The van der Waals surface area contributed by atoms with Gasteiger partial charge in [-0.2, -0.15) is 0 Å². The monoisotopic (exact) mass is 152 g/mol. The van der Waals surface area contributed by atoms with Crippen molar-refractivity contribution in [2.24, 2.45) is 0 Å². The van der Waals surface area contributed by atoms with Crippen LogP contribution in [0.3, 0.4) is 0 Å². The van der Waals surface area contributed by atoms with Crippen LogP contribution >= 0.6 is 0 Å². The molecule has 0 aliphatic heterocycles. The Balaban J connectivity index is 3.19. The molecule has 0 aromatic carbocycles. The van der Waals surface area contributed by atoms with Crippen LogP contribution in [0, 0.1) is 0 Å². The second kappa shape index (κ2) is 2.34. The molecule has 1 aliphatic rings. The summed E-state index contributed by atoms with van der Waals surface area (Å²) in [5.74, 6) is -1.17. The summed E-state index contributed by atoms with van der Waals surface area (Å²) in [6, 6.07) is 0. The lowest BCUT2D eigenvalue weighted by molar-refractivity contribution is -0.117. The molecule has 0 bridgehead atoms. The molecule has 3 heteroatoms. The molecule has 1 rings (SSSR count). The third-order valence-corrected chi connectivity index (χ3v) is 1.65. The summed E-state index contributed by atoms with van der Waals surface area (Å²) < 4.78 is 0. The summed E-state index contributed by atoms with van der Waals surface area (Å²) in [6.07, 6.45) is 1.23. The van der Waals surface area contributed by atoms with E-state index in [1.54, 1.807) is 0 Å². The molecular formula is C8H8O3. The van der Waals surface area contributed by atoms with E-state index in [1.807, 2.05) is 0 Å². The van der Waals surface area contributed by atoms with Crippen LogP contribution in [-0.4, -0.2) is 16.7 Å². The Hall–Kier alpha value is -1.38. The molecule has 0 saturated carbocycles. The maximum absolute atomic E-state index is 11.0. The molecule has 58 valence electrons. The van der Waals surface area contributed by atoms with Crippen molar-refractivity contribution in [3.8, 4) is 0 Å². The Labute approximate surface area is 64.0 Å². The summed E-state index contributed by atoms with van der Waals surface area (Å²) in [6.45, 7) is 2.93. The smallest absolute Gasteiger partial charge is 0.223 e. The number of rotatable bonds is 0. The first-order valence-electron chi connectivity index (χ1n) is 3.21. The predicted molar refractivity (Wildman–Crippen MR) is 39.1 cm³/mol. The number of hydrogen-bond donors (Lipinski definition) is 1. The van der Waals surface area contributed by atoms with Crippen molar-refractivity contribution in [2.75, 3.05) is 0 Å². The topological polar surface area (TPSA) is 54.4 Å². The van der Waals surface area contributed by atoms with Crippen molar-refractivity contribution in [2.45, 2.75) is 13.8 Å². The number of allylic oxidation sites excluding steroid dienone is 3. The summed E-state index contributed by atoms with van der Waals surface area (Å²) in [5.41, 5.74) is 0.415. The molecule has 0 amide bonds. The zero-order valence-corrected chi connectivity index (χ0v) is 6.34.